The molecule has 0 unspecified atom stereocenters. The van der Waals surface area contributed by atoms with Crippen molar-refractivity contribution in [3.05, 3.63) is 78.2 Å². The van der Waals surface area contributed by atoms with Crippen molar-refractivity contribution in [3.8, 4) is 0 Å². The maximum atomic E-state index is 12.1. The van der Waals surface area contributed by atoms with Crippen molar-refractivity contribution >= 4 is 28.9 Å². The third-order valence-corrected chi connectivity index (χ3v) is 3.34. The molecule has 0 aliphatic rings. The van der Waals surface area contributed by atoms with E-state index in [1.807, 2.05) is 6.07 Å². The van der Waals surface area contributed by atoms with E-state index in [1.54, 1.807) is 54.7 Å². The second-order valence-corrected chi connectivity index (χ2v) is 5.19. The third-order valence-electron chi connectivity index (χ3n) is 3.34. The summed E-state index contributed by atoms with van der Waals surface area (Å²) in [4.78, 5) is 24.7. The monoisotopic (exact) mass is 332 g/mol. The first-order valence-electron chi connectivity index (χ1n) is 7.50. The van der Waals surface area contributed by atoms with Gasteiger partial charge in [0, 0.05) is 17.4 Å². The summed E-state index contributed by atoms with van der Waals surface area (Å²) >= 11 is 0. The van der Waals surface area contributed by atoms with Crippen LogP contribution >= 0.6 is 0 Å². The summed E-state index contributed by atoms with van der Waals surface area (Å²) in [5.41, 5.74) is 13.8. The molecule has 5 N–H and O–H groups in total. The SMILES string of the molecule is NC(=Nc1ccc(NC(=O)c2ccc(N)cc2)nc1)c1ccccn1. The number of anilines is 2. The number of carbonyl (C=O) groups is 1. The Morgan fingerprint density at radius 2 is 1.80 bits per heavy atom. The topological polar surface area (TPSA) is 119 Å². The summed E-state index contributed by atoms with van der Waals surface area (Å²) in [7, 11) is 0. The van der Waals surface area contributed by atoms with Gasteiger partial charge in [-0.05, 0) is 48.5 Å². The first kappa shape index (κ1) is 16.1. The van der Waals surface area contributed by atoms with Crippen LogP contribution in [0.15, 0.2) is 72.0 Å². The molecule has 1 aromatic carbocycles. The van der Waals surface area contributed by atoms with Crippen LogP contribution in [0.25, 0.3) is 0 Å². The van der Waals surface area contributed by atoms with Gasteiger partial charge in [0.2, 0.25) is 0 Å². The number of rotatable bonds is 4. The summed E-state index contributed by atoms with van der Waals surface area (Å²) in [6.45, 7) is 0. The van der Waals surface area contributed by atoms with Gasteiger partial charge < -0.3 is 16.8 Å². The van der Waals surface area contributed by atoms with Crippen LogP contribution < -0.4 is 16.8 Å². The standard InChI is InChI=1S/C18H16N6O/c19-13-6-4-12(5-7-13)18(25)24-16-9-8-14(11-22-16)23-17(20)15-3-1-2-10-21-15/h1-11H,19H2,(H2,20,23)(H,22,24,25). The Morgan fingerprint density at radius 1 is 1.00 bits per heavy atom. The number of aliphatic imine (C=N–C) groups is 1. The maximum absolute atomic E-state index is 12.1. The Kier molecular flexibility index (Phi) is 4.66. The van der Waals surface area contributed by atoms with Crippen LogP contribution in [0.5, 0.6) is 0 Å². The average molecular weight is 332 g/mol. The van der Waals surface area contributed by atoms with Crippen LogP contribution in [-0.4, -0.2) is 21.7 Å². The van der Waals surface area contributed by atoms with Crippen LogP contribution in [0.1, 0.15) is 16.1 Å². The average Bonchev–Trinajstić information content (AvgIpc) is 2.64. The smallest absolute Gasteiger partial charge is 0.256 e. The Hall–Kier alpha value is -3.74. The van der Waals surface area contributed by atoms with Crippen molar-refractivity contribution < 1.29 is 4.79 Å². The highest BCUT2D eigenvalue weighted by Crippen LogP contribution is 2.15. The first-order chi connectivity index (χ1) is 12.1. The molecule has 0 atom stereocenters. The summed E-state index contributed by atoms with van der Waals surface area (Å²) in [5.74, 6) is 0.440. The fourth-order valence-electron chi connectivity index (χ4n) is 2.06. The van der Waals surface area contributed by atoms with Gasteiger partial charge in [0.15, 0.2) is 0 Å². The molecule has 0 aliphatic heterocycles. The molecule has 0 spiro atoms. The van der Waals surface area contributed by atoms with E-state index < -0.39 is 0 Å². The van der Waals surface area contributed by atoms with Crippen LogP contribution in [0.3, 0.4) is 0 Å². The largest absolute Gasteiger partial charge is 0.399 e. The molecule has 7 heteroatoms. The zero-order valence-corrected chi connectivity index (χ0v) is 13.3. The lowest BCUT2D eigenvalue weighted by Gasteiger charge is -2.05. The highest BCUT2D eigenvalue weighted by molar-refractivity contribution is 6.04. The molecule has 0 saturated heterocycles. The first-order valence-corrected chi connectivity index (χ1v) is 7.50. The quantitative estimate of drug-likeness (QED) is 0.385. The van der Waals surface area contributed by atoms with E-state index >= 15 is 0 Å². The van der Waals surface area contributed by atoms with Gasteiger partial charge in [-0.2, -0.15) is 0 Å². The molecule has 0 radical (unpaired) electrons. The van der Waals surface area contributed by atoms with Gasteiger partial charge in [0.1, 0.15) is 17.3 Å². The number of benzene rings is 1. The second kappa shape index (κ2) is 7.22. The highest BCUT2D eigenvalue weighted by atomic mass is 16.1. The molecule has 2 heterocycles. The number of hydrogen-bond donors (Lipinski definition) is 3. The van der Waals surface area contributed by atoms with Gasteiger partial charge in [-0.15, -0.1) is 0 Å². The zero-order chi connectivity index (χ0) is 17.6. The number of hydrogen-bond acceptors (Lipinski definition) is 5. The second-order valence-electron chi connectivity index (χ2n) is 5.19. The number of nitrogen functional groups attached to an aromatic ring is 1. The zero-order valence-electron chi connectivity index (χ0n) is 13.3. The van der Waals surface area contributed by atoms with E-state index in [1.165, 1.54) is 6.20 Å². The van der Waals surface area contributed by atoms with E-state index in [9.17, 15) is 4.79 Å². The highest BCUT2D eigenvalue weighted by Gasteiger charge is 2.06. The third kappa shape index (κ3) is 4.17. The van der Waals surface area contributed by atoms with Crippen molar-refractivity contribution in [1.29, 1.82) is 0 Å². The van der Waals surface area contributed by atoms with Crippen molar-refractivity contribution in [2.75, 3.05) is 11.1 Å². The van der Waals surface area contributed by atoms with Gasteiger partial charge in [-0.1, -0.05) is 6.07 Å². The predicted octanol–water partition coefficient (Wildman–Crippen LogP) is 2.35. The number of nitrogens with one attached hydrogen (secondary N) is 1. The number of aromatic nitrogens is 2. The number of nitrogens with two attached hydrogens (primary N) is 2. The normalized spacial score (nSPS) is 11.1. The van der Waals surface area contributed by atoms with E-state index in [2.05, 4.69) is 20.3 Å². The molecule has 2 aromatic heterocycles. The fraction of sp³-hybridized carbons (Fsp3) is 0. The van der Waals surface area contributed by atoms with Gasteiger partial charge >= 0.3 is 0 Å². The van der Waals surface area contributed by atoms with E-state index in [-0.39, 0.29) is 5.91 Å². The number of carbonyl (C=O) groups excluding carboxylic acids is 1. The molecule has 7 nitrogen and oxygen atoms in total. The summed E-state index contributed by atoms with van der Waals surface area (Å²) in [5, 5.41) is 2.71. The van der Waals surface area contributed by atoms with Crippen molar-refractivity contribution in [3.63, 3.8) is 0 Å². The minimum absolute atomic E-state index is 0.267. The molecule has 0 bridgehead atoms. The molecule has 3 aromatic rings. The number of amides is 1. The fourth-order valence-corrected chi connectivity index (χ4v) is 2.06. The lowest BCUT2D eigenvalue weighted by atomic mass is 10.2. The molecule has 124 valence electrons. The Balaban J connectivity index is 1.70. The minimum Gasteiger partial charge on any atom is -0.399 e. The Morgan fingerprint density at radius 3 is 2.44 bits per heavy atom. The maximum Gasteiger partial charge on any atom is 0.256 e. The number of nitrogens with zero attached hydrogens (tertiary/aromatic N) is 3. The number of pyridine rings is 2. The van der Waals surface area contributed by atoms with E-state index in [0.29, 0.717) is 34.3 Å². The van der Waals surface area contributed by atoms with E-state index in [0.717, 1.165) is 0 Å². The van der Waals surface area contributed by atoms with Crippen molar-refractivity contribution in [1.82, 2.24) is 9.97 Å². The Labute approximate surface area is 144 Å². The molecule has 1 amide bonds. The molecule has 3 rings (SSSR count). The molecule has 0 aliphatic carbocycles. The van der Waals surface area contributed by atoms with Crippen molar-refractivity contribution in [2.45, 2.75) is 0 Å². The summed E-state index contributed by atoms with van der Waals surface area (Å²) in [6.07, 6.45) is 3.17. The van der Waals surface area contributed by atoms with Crippen molar-refractivity contribution in [2.24, 2.45) is 10.7 Å². The molecule has 25 heavy (non-hydrogen) atoms. The van der Waals surface area contributed by atoms with Crippen LogP contribution in [0, 0.1) is 0 Å². The summed E-state index contributed by atoms with van der Waals surface area (Å²) < 4.78 is 0. The van der Waals surface area contributed by atoms with Crippen LogP contribution in [0.2, 0.25) is 0 Å². The minimum atomic E-state index is -0.267. The number of amidine groups is 1. The van der Waals surface area contributed by atoms with Gasteiger partial charge in [0.25, 0.3) is 5.91 Å². The molecule has 0 fully saturated rings. The predicted molar refractivity (Wildman–Crippen MR) is 97.7 cm³/mol. The van der Waals surface area contributed by atoms with Crippen LogP contribution in [0.4, 0.5) is 17.2 Å². The van der Waals surface area contributed by atoms with E-state index in [4.69, 9.17) is 11.5 Å². The Bertz CT molecular complexity index is 889. The van der Waals surface area contributed by atoms with Crippen LogP contribution in [-0.2, 0) is 0 Å². The lowest BCUT2D eigenvalue weighted by Crippen LogP contribution is -2.14. The lowest BCUT2D eigenvalue weighted by molar-refractivity contribution is 0.102. The van der Waals surface area contributed by atoms with Gasteiger partial charge in [0.05, 0.1) is 11.9 Å². The molecular formula is C18H16N6O. The van der Waals surface area contributed by atoms with Gasteiger partial charge in [-0.25, -0.2) is 9.98 Å². The molecular weight excluding hydrogens is 316 g/mol. The summed E-state index contributed by atoms with van der Waals surface area (Å²) in [6, 6.07) is 15.4. The molecule has 0 saturated carbocycles. The van der Waals surface area contributed by atoms with Gasteiger partial charge in [-0.3, -0.25) is 9.78 Å².